The molecule has 1 atom stereocenters. The molecule has 2 aromatic rings. The number of hydrogen-bond acceptors (Lipinski definition) is 4. The summed E-state index contributed by atoms with van der Waals surface area (Å²) in [6, 6.07) is 11.1. The van der Waals surface area contributed by atoms with Crippen molar-refractivity contribution in [2.24, 2.45) is 4.99 Å². The summed E-state index contributed by atoms with van der Waals surface area (Å²) in [4.78, 5) is 7.25. The Balaban J connectivity index is 0.00000256. The third-order valence-corrected chi connectivity index (χ3v) is 5.79. The molecule has 4 rings (SSSR count). The summed E-state index contributed by atoms with van der Waals surface area (Å²) in [7, 11) is 0. The minimum atomic E-state index is 0. The Morgan fingerprint density at radius 3 is 2.83 bits per heavy atom. The first-order valence-corrected chi connectivity index (χ1v) is 11.1. The van der Waals surface area contributed by atoms with Crippen LogP contribution in [0.1, 0.15) is 44.3 Å². The van der Waals surface area contributed by atoms with Gasteiger partial charge in [-0.15, -0.1) is 34.2 Å². The molecule has 30 heavy (non-hydrogen) atoms. The predicted octanol–water partition coefficient (Wildman–Crippen LogP) is 3.00. The first-order valence-electron chi connectivity index (χ1n) is 11.1. The maximum absolute atomic E-state index is 4.82. The summed E-state index contributed by atoms with van der Waals surface area (Å²) in [6.07, 6.45) is 6.76. The fourth-order valence-electron chi connectivity index (χ4n) is 4.26. The lowest BCUT2D eigenvalue weighted by Gasteiger charge is -2.20. The van der Waals surface area contributed by atoms with Crippen LogP contribution in [0.25, 0.3) is 0 Å². The van der Waals surface area contributed by atoms with E-state index in [0.29, 0.717) is 6.04 Å². The van der Waals surface area contributed by atoms with Crippen LogP contribution in [0.2, 0.25) is 0 Å². The predicted molar refractivity (Wildman–Crippen MR) is 133 cm³/mol. The largest absolute Gasteiger partial charge is 0.369 e. The average molecular weight is 523 g/mol. The normalized spacial score (nSPS) is 19.0. The van der Waals surface area contributed by atoms with Crippen molar-refractivity contribution in [3.63, 3.8) is 0 Å². The van der Waals surface area contributed by atoms with E-state index >= 15 is 0 Å². The second kappa shape index (κ2) is 11.5. The first kappa shape index (κ1) is 22.8. The van der Waals surface area contributed by atoms with Gasteiger partial charge in [0.15, 0.2) is 5.96 Å². The molecule has 2 N–H and O–H groups in total. The van der Waals surface area contributed by atoms with Gasteiger partial charge in [-0.2, -0.15) is 0 Å². The van der Waals surface area contributed by atoms with Crippen molar-refractivity contribution < 1.29 is 0 Å². The lowest BCUT2D eigenvalue weighted by atomic mass is 10.2. The van der Waals surface area contributed by atoms with Gasteiger partial charge in [0.1, 0.15) is 11.6 Å². The molecule has 1 unspecified atom stereocenters. The molecule has 7 nitrogen and oxygen atoms in total. The number of anilines is 1. The van der Waals surface area contributed by atoms with Crippen LogP contribution >= 0.6 is 24.0 Å². The molecular weight excluding hydrogens is 489 g/mol. The number of hydrogen-bond donors (Lipinski definition) is 2. The summed E-state index contributed by atoms with van der Waals surface area (Å²) in [5, 5.41) is 15.8. The fraction of sp³-hybridized carbons (Fsp3) is 0.591. The summed E-state index contributed by atoms with van der Waals surface area (Å²) in [6.45, 7) is 6.83. The first-order chi connectivity index (χ1) is 14.3. The van der Waals surface area contributed by atoms with Crippen LogP contribution in [0.4, 0.5) is 5.69 Å². The molecule has 0 bridgehead atoms. The van der Waals surface area contributed by atoms with Crippen LogP contribution in [0.5, 0.6) is 0 Å². The van der Waals surface area contributed by atoms with Gasteiger partial charge in [-0.05, 0) is 38.3 Å². The average Bonchev–Trinajstić information content (AvgIpc) is 3.29. The van der Waals surface area contributed by atoms with Crippen molar-refractivity contribution >= 4 is 35.6 Å². The molecular formula is C22H34IN7. The highest BCUT2D eigenvalue weighted by atomic mass is 127. The topological polar surface area (TPSA) is 70.4 Å². The minimum Gasteiger partial charge on any atom is -0.369 e. The number of nitrogens with one attached hydrogen (secondary N) is 2. The van der Waals surface area contributed by atoms with Gasteiger partial charge in [0.2, 0.25) is 0 Å². The number of halogens is 1. The number of nitrogens with zero attached hydrogens (tertiary/aromatic N) is 5. The van der Waals surface area contributed by atoms with Crippen LogP contribution in [-0.4, -0.2) is 52.9 Å². The maximum Gasteiger partial charge on any atom is 0.191 e. The van der Waals surface area contributed by atoms with Crippen molar-refractivity contribution in [3.05, 3.63) is 42.0 Å². The lowest BCUT2D eigenvalue weighted by molar-refractivity contribution is 0.603. The molecule has 1 fully saturated rings. The molecule has 0 amide bonds. The van der Waals surface area contributed by atoms with E-state index in [0.717, 1.165) is 69.6 Å². The molecule has 164 valence electrons. The second-order valence-corrected chi connectivity index (χ2v) is 7.92. The number of guanidine groups is 1. The summed E-state index contributed by atoms with van der Waals surface area (Å²) in [5.74, 6) is 3.14. The van der Waals surface area contributed by atoms with Crippen LogP contribution in [0.15, 0.2) is 35.3 Å². The monoisotopic (exact) mass is 523 g/mol. The molecule has 2 aliphatic heterocycles. The number of benzene rings is 1. The van der Waals surface area contributed by atoms with E-state index in [1.807, 2.05) is 0 Å². The molecule has 8 heteroatoms. The van der Waals surface area contributed by atoms with E-state index in [2.05, 4.69) is 67.6 Å². The molecule has 0 aliphatic carbocycles. The number of para-hydroxylation sites is 1. The molecule has 1 aromatic carbocycles. The number of rotatable bonds is 6. The quantitative estimate of drug-likeness (QED) is 0.346. The van der Waals surface area contributed by atoms with E-state index in [9.17, 15) is 0 Å². The Morgan fingerprint density at radius 2 is 2.00 bits per heavy atom. The van der Waals surface area contributed by atoms with Crippen molar-refractivity contribution in [2.45, 2.75) is 58.0 Å². The number of fused-ring (bicyclic) bond motifs is 1. The third-order valence-electron chi connectivity index (χ3n) is 5.79. The number of aliphatic imine (C=N–C) groups is 1. The second-order valence-electron chi connectivity index (χ2n) is 7.92. The van der Waals surface area contributed by atoms with E-state index in [4.69, 9.17) is 4.99 Å². The highest BCUT2D eigenvalue weighted by Crippen LogP contribution is 2.19. The van der Waals surface area contributed by atoms with Gasteiger partial charge in [0.05, 0.1) is 0 Å². The lowest BCUT2D eigenvalue weighted by Crippen LogP contribution is -2.44. The molecule has 0 spiro atoms. The van der Waals surface area contributed by atoms with Gasteiger partial charge in [0.25, 0.3) is 0 Å². The molecule has 0 saturated carbocycles. The van der Waals surface area contributed by atoms with Gasteiger partial charge >= 0.3 is 0 Å². The van der Waals surface area contributed by atoms with Crippen molar-refractivity contribution in [3.8, 4) is 0 Å². The van der Waals surface area contributed by atoms with Gasteiger partial charge in [-0.3, -0.25) is 4.99 Å². The van der Waals surface area contributed by atoms with Gasteiger partial charge < -0.3 is 20.1 Å². The number of aromatic nitrogens is 3. The Hall–Kier alpha value is -1.84. The van der Waals surface area contributed by atoms with Gasteiger partial charge in [0, 0.05) is 57.3 Å². The smallest absolute Gasteiger partial charge is 0.191 e. The van der Waals surface area contributed by atoms with Crippen LogP contribution in [0.3, 0.4) is 0 Å². The van der Waals surface area contributed by atoms with Crippen LogP contribution < -0.4 is 15.5 Å². The Labute approximate surface area is 196 Å². The highest BCUT2D eigenvalue weighted by Gasteiger charge is 2.23. The molecule has 1 aromatic heterocycles. The molecule has 3 heterocycles. The highest BCUT2D eigenvalue weighted by molar-refractivity contribution is 14.0. The van der Waals surface area contributed by atoms with E-state index < -0.39 is 0 Å². The van der Waals surface area contributed by atoms with Crippen molar-refractivity contribution in [1.82, 2.24) is 25.4 Å². The zero-order valence-corrected chi connectivity index (χ0v) is 20.2. The van der Waals surface area contributed by atoms with Crippen LogP contribution in [0, 0.1) is 0 Å². The maximum atomic E-state index is 4.82. The zero-order valence-electron chi connectivity index (χ0n) is 17.9. The van der Waals surface area contributed by atoms with Gasteiger partial charge in [-0.1, -0.05) is 24.6 Å². The van der Waals surface area contributed by atoms with Crippen molar-refractivity contribution in [2.75, 3.05) is 31.1 Å². The summed E-state index contributed by atoms with van der Waals surface area (Å²) in [5.41, 5.74) is 1.30. The molecule has 0 radical (unpaired) electrons. The summed E-state index contributed by atoms with van der Waals surface area (Å²) < 4.78 is 2.32. The Bertz CT molecular complexity index is 805. The van der Waals surface area contributed by atoms with E-state index in [-0.39, 0.29) is 24.0 Å². The SMILES string of the molecule is CCNC(=NCCc1nnc2n1CCCCC2)NC1CCN(c2ccccc2)C1.I. The summed E-state index contributed by atoms with van der Waals surface area (Å²) >= 11 is 0. The van der Waals surface area contributed by atoms with Crippen LogP contribution in [-0.2, 0) is 19.4 Å². The zero-order chi connectivity index (χ0) is 19.9. The molecule has 1 saturated heterocycles. The van der Waals surface area contributed by atoms with E-state index in [1.165, 1.54) is 24.9 Å². The number of aryl methyl sites for hydroxylation is 1. The fourth-order valence-corrected chi connectivity index (χ4v) is 4.26. The van der Waals surface area contributed by atoms with Crippen molar-refractivity contribution in [1.29, 1.82) is 0 Å². The minimum absolute atomic E-state index is 0. The molecule has 2 aliphatic rings. The third kappa shape index (κ3) is 5.86. The Kier molecular flexibility index (Phi) is 8.77. The van der Waals surface area contributed by atoms with Gasteiger partial charge in [-0.25, -0.2) is 0 Å². The van der Waals surface area contributed by atoms with E-state index in [1.54, 1.807) is 0 Å². The standard InChI is InChI=1S/C22H33N7.HI/c1-2-23-22(25-18-13-16-28(17-18)19-9-5-3-6-10-19)24-14-12-21-27-26-20-11-7-4-8-15-29(20)21;/h3,5-6,9-10,18H,2,4,7-8,11-17H2,1H3,(H2,23,24,25);1H. The Morgan fingerprint density at radius 1 is 1.13 bits per heavy atom.